The highest BCUT2D eigenvalue weighted by molar-refractivity contribution is 5.70. The minimum atomic E-state index is -0.733. The van der Waals surface area contributed by atoms with Gasteiger partial charge in [-0.2, -0.15) is 0 Å². The first-order valence-corrected chi connectivity index (χ1v) is 5.05. The lowest BCUT2D eigenvalue weighted by molar-refractivity contribution is -0.146. The summed E-state index contributed by atoms with van der Waals surface area (Å²) in [6, 6.07) is 0. The molecule has 0 spiro atoms. The van der Waals surface area contributed by atoms with E-state index in [0.29, 0.717) is 12.8 Å². The number of hydrogen-bond donors (Lipinski definition) is 1. The highest BCUT2D eigenvalue weighted by atomic mass is 19.1. The van der Waals surface area contributed by atoms with Gasteiger partial charge in [0.15, 0.2) is 0 Å². The Morgan fingerprint density at radius 3 is 2.23 bits per heavy atom. The van der Waals surface area contributed by atoms with Gasteiger partial charge in [0.05, 0.1) is 5.92 Å². The number of carbonyl (C=O) groups is 1. The second-order valence-corrected chi connectivity index (χ2v) is 4.40. The van der Waals surface area contributed by atoms with Crippen molar-refractivity contribution in [3.05, 3.63) is 0 Å². The van der Waals surface area contributed by atoms with Crippen LogP contribution in [0.4, 0.5) is 4.39 Å². The molecule has 0 aromatic carbocycles. The summed E-state index contributed by atoms with van der Waals surface area (Å²) in [5.41, 5.74) is 0. The molecular weight excluding hydrogens is 171 g/mol. The van der Waals surface area contributed by atoms with Crippen LogP contribution in [0.3, 0.4) is 0 Å². The summed E-state index contributed by atoms with van der Waals surface area (Å²) < 4.78 is 13.5. The Balaban J connectivity index is 2.07. The second-order valence-electron chi connectivity index (χ2n) is 4.40. The molecule has 0 radical (unpaired) electrons. The number of alkyl halides is 1. The fraction of sp³-hybridized carbons (Fsp3) is 0.900. The third-order valence-electron chi connectivity index (χ3n) is 3.57. The Labute approximate surface area is 77.1 Å². The minimum Gasteiger partial charge on any atom is -0.481 e. The van der Waals surface area contributed by atoms with Crippen molar-refractivity contribution >= 4 is 5.97 Å². The topological polar surface area (TPSA) is 37.3 Å². The van der Waals surface area contributed by atoms with Crippen molar-refractivity contribution in [2.45, 2.75) is 38.3 Å². The number of halogens is 1. The number of carboxylic acids is 1. The number of fused-ring (bicyclic) bond motifs is 2. The molecule has 3 heteroatoms. The summed E-state index contributed by atoms with van der Waals surface area (Å²) in [7, 11) is 0. The maximum Gasteiger partial charge on any atom is 0.306 e. The van der Waals surface area contributed by atoms with E-state index in [9.17, 15) is 9.18 Å². The van der Waals surface area contributed by atoms with E-state index in [1.165, 1.54) is 0 Å². The molecule has 0 heterocycles. The third-order valence-corrected chi connectivity index (χ3v) is 3.57. The van der Waals surface area contributed by atoms with Gasteiger partial charge in [-0.15, -0.1) is 0 Å². The first-order chi connectivity index (χ1) is 6.18. The molecule has 13 heavy (non-hydrogen) atoms. The number of carboxylic acid groups (broad SMARTS) is 1. The molecule has 0 aromatic heterocycles. The quantitative estimate of drug-likeness (QED) is 0.681. The number of rotatable bonds is 1. The second kappa shape index (κ2) is 3.28. The number of hydrogen-bond acceptors (Lipinski definition) is 1. The molecular formula is C10H15FO2. The zero-order valence-corrected chi connectivity index (χ0v) is 7.58. The van der Waals surface area contributed by atoms with Gasteiger partial charge >= 0.3 is 5.97 Å². The Bertz CT molecular complexity index is 203. The van der Waals surface area contributed by atoms with Crippen LogP contribution in [0.25, 0.3) is 0 Å². The van der Waals surface area contributed by atoms with Crippen molar-refractivity contribution in [2.24, 2.45) is 17.8 Å². The molecule has 74 valence electrons. The molecule has 2 fully saturated rings. The van der Waals surface area contributed by atoms with Crippen molar-refractivity contribution in [3.8, 4) is 0 Å². The van der Waals surface area contributed by atoms with Gasteiger partial charge in [-0.05, 0) is 37.5 Å². The van der Waals surface area contributed by atoms with E-state index in [4.69, 9.17) is 5.11 Å². The zero-order valence-electron chi connectivity index (χ0n) is 7.58. The van der Waals surface area contributed by atoms with Crippen LogP contribution in [0.5, 0.6) is 0 Å². The summed E-state index contributed by atoms with van der Waals surface area (Å²) in [6.07, 6.45) is 3.27. The van der Waals surface area contributed by atoms with Crippen LogP contribution < -0.4 is 0 Å². The fourth-order valence-corrected chi connectivity index (χ4v) is 2.87. The SMILES string of the molecule is O=C(O)C1C[C@H]2CCC[C@H](C1)C2F. The van der Waals surface area contributed by atoms with Crippen LogP contribution in [-0.2, 0) is 4.79 Å². The average Bonchev–Trinajstić information content (AvgIpc) is 2.02. The van der Waals surface area contributed by atoms with Gasteiger partial charge in [-0.25, -0.2) is 4.39 Å². The first kappa shape index (κ1) is 8.97. The normalized spacial score (nSPS) is 44.4. The molecule has 2 aliphatic carbocycles. The molecule has 0 amide bonds. The predicted octanol–water partition coefficient (Wildman–Crippen LogP) is 2.24. The molecule has 0 aliphatic heterocycles. The molecule has 2 bridgehead atoms. The monoisotopic (exact) mass is 186 g/mol. The van der Waals surface area contributed by atoms with Gasteiger partial charge in [-0.1, -0.05) is 6.42 Å². The molecule has 2 atom stereocenters. The molecule has 2 rings (SSSR count). The van der Waals surface area contributed by atoms with E-state index in [1.807, 2.05) is 0 Å². The van der Waals surface area contributed by atoms with Crippen molar-refractivity contribution in [1.29, 1.82) is 0 Å². The number of aliphatic carboxylic acids is 1. The van der Waals surface area contributed by atoms with E-state index in [2.05, 4.69) is 0 Å². The smallest absolute Gasteiger partial charge is 0.306 e. The van der Waals surface area contributed by atoms with Crippen LogP contribution in [0.1, 0.15) is 32.1 Å². The van der Waals surface area contributed by atoms with Crippen LogP contribution in [0.15, 0.2) is 0 Å². The lowest BCUT2D eigenvalue weighted by Crippen LogP contribution is -2.39. The van der Waals surface area contributed by atoms with E-state index in [-0.39, 0.29) is 17.8 Å². The van der Waals surface area contributed by atoms with Crippen LogP contribution in [0, 0.1) is 17.8 Å². The van der Waals surface area contributed by atoms with Crippen molar-refractivity contribution in [3.63, 3.8) is 0 Å². The summed E-state index contributed by atoms with van der Waals surface area (Å²) in [6.45, 7) is 0. The molecule has 0 unspecified atom stereocenters. The van der Waals surface area contributed by atoms with E-state index >= 15 is 0 Å². The molecule has 1 N–H and O–H groups in total. The van der Waals surface area contributed by atoms with E-state index in [0.717, 1.165) is 19.3 Å². The summed E-state index contributed by atoms with van der Waals surface area (Å²) in [5, 5.41) is 8.86. The van der Waals surface area contributed by atoms with Gasteiger partial charge in [0.2, 0.25) is 0 Å². The summed E-state index contributed by atoms with van der Waals surface area (Å²) >= 11 is 0. The van der Waals surface area contributed by atoms with Gasteiger partial charge in [0.1, 0.15) is 6.17 Å². The predicted molar refractivity (Wildman–Crippen MR) is 46.1 cm³/mol. The molecule has 2 saturated carbocycles. The summed E-state index contributed by atoms with van der Waals surface area (Å²) in [5.74, 6) is -0.937. The molecule has 0 saturated heterocycles. The van der Waals surface area contributed by atoms with E-state index < -0.39 is 12.1 Å². The minimum absolute atomic E-state index is 0.0357. The Morgan fingerprint density at radius 2 is 1.77 bits per heavy atom. The highest BCUT2D eigenvalue weighted by Gasteiger charge is 2.42. The van der Waals surface area contributed by atoms with Crippen molar-refractivity contribution in [2.75, 3.05) is 0 Å². The van der Waals surface area contributed by atoms with Crippen LogP contribution in [0.2, 0.25) is 0 Å². The Morgan fingerprint density at radius 1 is 1.23 bits per heavy atom. The van der Waals surface area contributed by atoms with Gasteiger partial charge in [0, 0.05) is 0 Å². The lowest BCUT2D eigenvalue weighted by Gasteiger charge is -2.40. The maximum atomic E-state index is 13.5. The van der Waals surface area contributed by atoms with Gasteiger partial charge in [0.25, 0.3) is 0 Å². The third kappa shape index (κ3) is 1.56. The summed E-state index contributed by atoms with van der Waals surface area (Å²) in [4.78, 5) is 10.8. The standard InChI is InChI=1S/C10H15FO2/c11-9-6-2-1-3-7(9)5-8(4-6)10(12)13/h6-9H,1-5H2,(H,12,13)/t6-,7-,8?,9?/m1/s1. The van der Waals surface area contributed by atoms with Crippen LogP contribution >= 0.6 is 0 Å². The van der Waals surface area contributed by atoms with Gasteiger partial charge < -0.3 is 5.11 Å². The largest absolute Gasteiger partial charge is 0.481 e. The Hall–Kier alpha value is -0.600. The molecule has 2 nitrogen and oxygen atoms in total. The van der Waals surface area contributed by atoms with Crippen molar-refractivity contribution in [1.82, 2.24) is 0 Å². The van der Waals surface area contributed by atoms with Gasteiger partial charge in [-0.3, -0.25) is 4.79 Å². The van der Waals surface area contributed by atoms with Crippen molar-refractivity contribution < 1.29 is 14.3 Å². The zero-order chi connectivity index (χ0) is 9.42. The lowest BCUT2D eigenvalue weighted by atomic mass is 9.67. The van der Waals surface area contributed by atoms with Crippen LogP contribution in [-0.4, -0.2) is 17.2 Å². The van der Waals surface area contributed by atoms with E-state index in [1.54, 1.807) is 0 Å². The Kier molecular flexibility index (Phi) is 2.26. The fourth-order valence-electron chi connectivity index (χ4n) is 2.87. The first-order valence-electron chi connectivity index (χ1n) is 5.05. The maximum absolute atomic E-state index is 13.5. The highest BCUT2D eigenvalue weighted by Crippen LogP contribution is 2.44. The average molecular weight is 186 g/mol. The molecule has 0 aromatic rings. The molecule has 2 aliphatic rings.